The topological polar surface area (TPSA) is 78.3 Å². The summed E-state index contributed by atoms with van der Waals surface area (Å²) >= 11 is 0. The zero-order chi connectivity index (χ0) is 12.3. The van der Waals surface area contributed by atoms with Crippen molar-refractivity contribution < 1.29 is 13.9 Å². The summed E-state index contributed by atoms with van der Waals surface area (Å²) in [6.45, 7) is 0. The molecule has 2 N–H and O–H groups in total. The molecule has 1 aromatic carbocycles. The molecule has 5 heteroatoms. The van der Waals surface area contributed by atoms with Gasteiger partial charge in [-0.25, -0.2) is 0 Å². The number of esters is 1. The highest BCUT2D eigenvalue weighted by molar-refractivity contribution is 5.78. The molecule has 0 aliphatic rings. The molecule has 0 unspecified atom stereocenters. The summed E-state index contributed by atoms with van der Waals surface area (Å²) in [5, 5.41) is 0. The predicted molar refractivity (Wildman–Crippen MR) is 64.1 cm³/mol. The molecular weight excluding hydrogens is 220 g/mol. The van der Waals surface area contributed by atoms with E-state index in [0.29, 0.717) is 11.1 Å². The summed E-state index contributed by atoms with van der Waals surface area (Å²) in [5.41, 5.74) is 7.71. The molecule has 17 heavy (non-hydrogen) atoms. The zero-order valence-corrected chi connectivity index (χ0v) is 9.34. The number of rotatable bonds is 3. The lowest BCUT2D eigenvalue weighted by Gasteiger charge is -1.94. The molecule has 0 fully saturated rings. The van der Waals surface area contributed by atoms with Crippen molar-refractivity contribution in [3.63, 3.8) is 0 Å². The molecule has 0 aliphatic carbocycles. The number of nitrogen functional groups attached to an aromatic ring is 1. The molecule has 0 amide bonds. The summed E-state index contributed by atoms with van der Waals surface area (Å²) in [5.74, 6) is -0.270. The van der Waals surface area contributed by atoms with Gasteiger partial charge in [0.25, 0.3) is 6.01 Å². The largest absolute Gasteiger partial charge is 0.469 e. The average molecular weight is 232 g/mol. The van der Waals surface area contributed by atoms with Crippen LogP contribution in [0.1, 0.15) is 12.0 Å². The van der Waals surface area contributed by atoms with Gasteiger partial charge in [-0.2, -0.15) is 4.98 Å². The lowest BCUT2D eigenvalue weighted by atomic mass is 10.2. The number of nitrogens with two attached hydrogens (primary N) is 1. The fraction of sp³-hybridized carbons (Fsp3) is 0.167. The number of nitrogens with zero attached hydrogens (tertiary/aromatic N) is 1. The predicted octanol–water partition coefficient (Wildman–Crippen LogP) is 1.99. The van der Waals surface area contributed by atoms with Gasteiger partial charge >= 0.3 is 5.97 Å². The van der Waals surface area contributed by atoms with Crippen molar-refractivity contribution in [2.45, 2.75) is 6.42 Å². The lowest BCUT2D eigenvalue weighted by molar-refractivity contribution is -0.139. The van der Waals surface area contributed by atoms with Gasteiger partial charge in [-0.3, -0.25) is 4.79 Å². The SMILES string of the molecule is COC(=O)CC=Cc1ccc2oc(N)nc2c1. The highest BCUT2D eigenvalue weighted by atomic mass is 16.5. The van der Waals surface area contributed by atoms with Gasteiger partial charge in [0.1, 0.15) is 5.52 Å². The van der Waals surface area contributed by atoms with E-state index >= 15 is 0 Å². The van der Waals surface area contributed by atoms with E-state index in [1.165, 1.54) is 7.11 Å². The molecule has 0 radical (unpaired) electrons. The molecule has 2 rings (SSSR count). The Bertz CT molecular complexity index is 572. The smallest absolute Gasteiger partial charge is 0.309 e. The summed E-state index contributed by atoms with van der Waals surface area (Å²) in [6, 6.07) is 5.64. The Hall–Kier alpha value is -2.30. The van der Waals surface area contributed by atoms with Crippen LogP contribution < -0.4 is 5.73 Å². The Morgan fingerprint density at radius 2 is 2.41 bits per heavy atom. The zero-order valence-electron chi connectivity index (χ0n) is 9.34. The fourth-order valence-electron chi connectivity index (χ4n) is 1.44. The molecule has 0 saturated carbocycles. The summed E-state index contributed by atoms with van der Waals surface area (Å²) in [4.78, 5) is 14.9. The third-order valence-corrected chi connectivity index (χ3v) is 2.25. The van der Waals surface area contributed by atoms with Gasteiger partial charge in [-0.1, -0.05) is 18.2 Å². The van der Waals surface area contributed by atoms with Gasteiger partial charge < -0.3 is 14.9 Å². The maximum Gasteiger partial charge on any atom is 0.309 e. The van der Waals surface area contributed by atoms with Gasteiger partial charge in [0.2, 0.25) is 0 Å². The molecule has 5 nitrogen and oxygen atoms in total. The Morgan fingerprint density at radius 1 is 1.59 bits per heavy atom. The van der Waals surface area contributed by atoms with Crippen molar-refractivity contribution in [1.82, 2.24) is 4.98 Å². The summed E-state index contributed by atoms with van der Waals surface area (Å²) in [7, 11) is 1.36. The minimum absolute atomic E-state index is 0.149. The maximum atomic E-state index is 10.9. The van der Waals surface area contributed by atoms with Crippen molar-refractivity contribution >= 4 is 29.2 Å². The molecule has 0 saturated heterocycles. The molecule has 0 bridgehead atoms. The van der Waals surface area contributed by atoms with E-state index in [0.717, 1.165) is 5.56 Å². The number of anilines is 1. The van der Waals surface area contributed by atoms with E-state index in [-0.39, 0.29) is 18.4 Å². The number of hydrogen-bond donors (Lipinski definition) is 1. The Balaban J connectivity index is 2.16. The van der Waals surface area contributed by atoms with E-state index in [2.05, 4.69) is 9.72 Å². The van der Waals surface area contributed by atoms with Crippen LogP contribution in [0.3, 0.4) is 0 Å². The van der Waals surface area contributed by atoms with Crippen LogP contribution in [0.4, 0.5) is 6.01 Å². The van der Waals surface area contributed by atoms with Crippen LogP contribution >= 0.6 is 0 Å². The Morgan fingerprint density at radius 3 is 3.18 bits per heavy atom. The number of carbonyl (C=O) groups excluding carboxylic acids is 1. The second kappa shape index (κ2) is 4.69. The molecule has 0 spiro atoms. The van der Waals surface area contributed by atoms with Crippen LogP contribution in [0.25, 0.3) is 17.2 Å². The van der Waals surface area contributed by atoms with Gasteiger partial charge in [0.15, 0.2) is 5.58 Å². The summed E-state index contributed by atoms with van der Waals surface area (Å²) in [6.07, 6.45) is 3.80. The normalized spacial score (nSPS) is 11.1. The molecule has 88 valence electrons. The first kappa shape index (κ1) is 11.2. The van der Waals surface area contributed by atoms with E-state index in [9.17, 15) is 4.79 Å². The second-order valence-electron chi connectivity index (χ2n) is 3.46. The van der Waals surface area contributed by atoms with Crippen LogP contribution in [-0.4, -0.2) is 18.1 Å². The average Bonchev–Trinajstić information content (AvgIpc) is 2.68. The molecule has 2 aromatic rings. The minimum Gasteiger partial charge on any atom is -0.469 e. The van der Waals surface area contributed by atoms with Crippen molar-refractivity contribution in [3.05, 3.63) is 29.8 Å². The van der Waals surface area contributed by atoms with Crippen LogP contribution in [0.2, 0.25) is 0 Å². The first-order valence-electron chi connectivity index (χ1n) is 5.08. The number of fused-ring (bicyclic) bond motifs is 1. The number of methoxy groups -OCH3 is 1. The van der Waals surface area contributed by atoms with Gasteiger partial charge in [0, 0.05) is 0 Å². The van der Waals surface area contributed by atoms with Crippen LogP contribution in [0.15, 0.2) is 28.7 Å². The Labute approximate surface area is 97.9 Å². The summed E-state index contributed by atoms with van der Waals surface area (Å²) < 4.78 is 9.68. The molecule has 1 aromatic heterocycles. The van der Waals surface area contributed by atoms with Crippen LogP contribution in [0.5, 0.6) is 0 Å². The highest BCUT2D eigenvalue weighted by Crippen LogP contribution is 2.18. The van der Waals surface area contributed by atoms with E-state index < -0.39 is 0 Å². The van der Waals surface area contributed by atoms with E-state index in [4.69, 9.17) is 10.2 Å². The second-order valence-corrected chi connectivity index (χ2v) is 3.46. The number of carbonyl (C=O) groups is 1. The first-order valence-corrected chi connectivity index (χ1v) is 5.08. The number of aromatic nitrogens is 1. The van der Waals surface area contributed by atoms with E-state index in [1.54, 1.807) is 12.1 Å². The van der Waals surface area contributed by atoms with Gasteiger partial charge in [0.05, 0.1) is 13.5 Å². The quantitative estimate of drug-likeness (QED) is 0.818. The third kappa shape index (κ3) is 2.63. The first-order chi connectivity index (χ1) is 8.19. The van der Waals surface area contributed by atoms with Crippen molar-refractivity contribution in [2.24, 2.45) is 0 Å². The number of benzene rings is 1. The highest BCUT2D eigenvalue weighted by Gasteiger charge is 2.02. The van der Waals surface area contributed by atoms with Crippen molar-refractivity contribution in [2.75, 3.05) is 12.8 Å². The number of ether oxygens (including phenoxy) is 1. The Kier molecular flexibility index (Phi) is 3.09. The van der Waals surface area contributed by atoms with Crippen LogP contribution in [0, 0.1) is 0 Å². The molecule has 1 heterocycles. The monoisotopic (exact) mass is 232 g/mol. The number of oxazole rings is 1. The number of hydrogen-bond acceptors (Lipinski definition) is 5. The lowest BCUT2D eigenvalue weighted by Crippen LogP contribution is -1.96. The molecule has 0 atom stereocenters. The van der Waals surface area contributed by atoms with Crippen molar-refractivity contribution in [1.29, 1.82) is 0 Å². The van der Waals surface area contributed by atoms with Crippen LogP contribution in [-0.2, 0) is 9.53 Å². The fourth-order valence-corrected chi connectivity index (χ4v) is 1.44. The van der Waals surface area contributed by atoms with Gasteiger partial charge in [-0.05, 0) is 17.7 Å². The third-order valence-electron chi connectivity index (χ3n) is 2.25. The maximum absolute atomic E-state index is 10.9. The standard InChI is InChI=1S/C12H12N2O3/c1-16-11(15)4-2-3-8-5-6-10-9(7-8)14-12(13)17-10/h2-3,5-7H,4H2,1H3,(H2,13,14). The molecule has 0 aliphatic heterocycles. The molecular formula is C12H12N2O3. The minimum atomic E-state index is -0.270. The van der Waals surface area contributed by atoms with Gasteiger partial charge in [-0.15, -0.1) is 0 Å². The van der Waals surface area contributed by atoms with Crippen molar-refractivity contribution in [3.8, 4) is 0 Å². The van der Waals surface area contributed by atoms with E-state index in [1.807, 2.05) is 18.2 Å².